The number of aliphatic hydroxyl groups excluding tert-OH is 1. The summed E-state index contributed by atoms with van der Waals surface area (Å²) in [5, 5.41) is 16.7. The molecule has 30 heavy (non-hydrogen) atoms. The Labute approximate surface area is 178 Å². The number of amides is 1. The summed E-state index contributed by atoms with van der Waals surface area (Å²) in [6, 6.07) is 12.8. The van der Waals surface area contributed by atoms with Gasteiger partial charge in [-0.2, -0.15) is 0 Å². The van der Waals surface area contributed by atoms with Gasteiger partial charge >= 0.3 is 0 Å². The van der Waals surface area contributed by atoms with Crippen LogP contribution in [-0.2, 0) is 6.42 Å². The number of carbonyl (C=O) groups is 1. The number of ether oxygens (including phenoxy) is 1. The predicted molar refractivity (Wildman–Crippen MR) is 111 cm³/mol. The smallest absolute Gasteiger partial charge is 0.290 e. The lowest BCUT2D eigenvalue weighted by molar-refractivity contribution is 0.0880. The molecule has 1 aromatic heterocycles. The second-order valence-corrected chi connectivity index (χ2v) is 7.45. The fraction of sp³-hybridized carbons (Fsp3) is 0.273. The van der Waals surface area contributed by atoms with Gasteiger partial charge in [0.1, 0.15) is 5.82 Å². The molecule has 2 atom stereocenters. The maximum absolute atomic E-state index is 14.1. The molecule has 0 saturated carbocycles. The van der Waals surface area contributed by atoms with E-state index in [1.165, 1.54) is 25.3 Å². The number of nitrogens with zero attached hydrogens (tertiary/aromatic N) is 1. The van der Waals surface area contributed by atoms with Crippen molar-refractivity contribution >= 4 is 17.5 Å². The van der Waals surface area contributed by atoms with Crippen LogP contribution < -0.4 is 10.1 Å². The molecule has 0 saturated heterocycles. The number of methoxy groups -OCH3 is 1. The minimum Gasteiger partial charge on any atom is -0.479 e. The van der Waals surface area contributed by atoms with Gasteiger partial charge < -0.3 is 19.7 Å². The third-order valence-electron chi connectivity index (χ3n) is 4.56. The van der Waals surface area contributed by atoms with E-state index in [-0.39, 0.29) is 23.5 Å². The maximum atomic E-state index is 14.1. The molecular formula is C22H22ClFN2O4. The summed E-state index contributed by atoms with van der Waals surface area (Å²) >= 11 is 5.97. The van der Waals surface area contributed by atoms with Gasteiger partial charge in [-0.1, -0.05) is 35.9 Å². The number of carbonyl (C=O) groups excluding carboxylic acids is 1. The van der Waals surface area contributed by atoms with Crippen LogP contribution in [0.4, 0.5) is 4.39 Å². The van der Waals surface area contributed by atoms with Crippen LogP contribution in [0.15, 0.2) is 53.1 Å². The first-order chi connectivity index (χ1) is 14.4. The Bertz CT molecular complexity index is 1000. The van der Waals surface area contributed by atoms with Crippen molar-refractivity contribution in [3.8, 4) is 17.0 Å². The third-order valence-corrected chi connectivity index (χ3v) is 4.79. The van der Waals surface area contributed by atoms with Gasteiger partial charge in [0.25, 0.3) is 11.8 Å². The summed E-state index contributed by atoms with van der Waals surface area (Å²) in [5.41, 5.74) is 2.04. The highest BCUT2D eigenvalue weighted by atomic mass is 35.5. The van der Waals surface area contributed by atoms with E-state index in [1.54, 1.807) is 25.1 Å². The molecule has 0 aliphatic rings. The lowest BCUT2D eigenvalue weighted by Gasteiger charge is -2.20. The number of halogens is 2. The zero-order valence-electron chi connectivity index (χ0n) is 16.6. The molecule has 0 spiro atoms. The lowest BCUT2D eigenvalue weighted by atomic mass is 9.98. The van der Waals surface area contributed by atoms with E-state index >= 15 is 0 Å². The van der Waals surface area contributed by atoms with E-state index in [1.807, 2.05) is 12.1 Å². The highest BCUT2D eigenvalue weighted by Crippen LogP contribution is 2.26. The Kier molecular flexibility index (Phi) is 7.07. The molecule has 1 heterocycles. The number of hydrogen-bond donors (Lipinski definition) is 2. The van der Waals surface area contributed by atoms with Crippen molar-refractivity contribution in [1.29, 1.82) is 0 Å². The molecule has 0 aliphatic carbocycles. The van der Waals surface area contributed by atoms with Crippen LogP contribution in [0.5, 0.6) is 5.88 Å². The standard InChI is InChI=1S/C22H22ClFN2O4/c1-13(27)9-17(25-22(28)20-12-21(29-2)26-30-20)10-14-3-5-15(6-4-14)18-11-16(23)7-8-19(18)24/h3-8,11-13,17,27H,9-10H2,1-2H3,(H,25,28)/t13-,17+/m1/s1. The number of aromatic nitrogens is 1. The predicted octanol–water partition coefficient (Wildman–Crippen LogP) is 4.25. The maximum Gasteiger partial charge on any atom is 0.290 e. The normalized spacial score (nSPS) is 13.0. The zero-order chi connectivity index (χ0) is 21.7. The van der Waals surface area contributed by atoms with Crippen molar-refractivity contribution < 1.29 is 23.6 Å². The molecule has 0 unspecified atom stereocenters. The molecule has 3 rings (SSSR count). The molecule has 1 amide bonds. The number of nitrogens with one attached hydrogen (secondary N) is 1. The number of aliphatic hydroxyl groups is 1. The van der Waals surface area contributed by atoms with Gasteiger partial charge in [0.2, 0.25) is 5.76 Å². The summed E-state index contributed by atoms with van der Waals surface area (Å²) in [5.74, 6) is -0.576. The fourth-order valence-electron chi connectivity index (χ4n) is 3.15. The average molecular weight is 433 g/mol. The van der Waals surface area contributed by atoms with Gasteiger partial charge in [-0.05, 0) is 54.2 Å². The topological polar surface area (TPSA) is 84.6 Å². The van der Waals surface area contributed by atoms with Crippen LogP contribution in [0.25, 0.3) is 11.1 Å². The molecule has 0 fully saturated rings. The van der Waals surface area contributed by atoms with E-state index < -0.39 is 12.0 Å². The minimum atomic E-state index is -0.612. The van der Waals surface area contributed by atoms with E-state index in [4.69, 9.17) is 20.9 Å². The molecule has 6 nitrogen and oxygen atoms in total. The monoisotopic (exact) mass is 432 g/mol. The van der Waals surface area contributed by atoms with Gasteiger partial charge in [-0.15, -0.1) is 0 Å². The molecule has 2 aromatic carbocycles. The van der Waals surface area contributed by atoms with Crippen LogP contribution in [0.1, 0.15) is 29.5 Å². The van der Waals surface area contributed by atoms with Gasteiger partial charge in [-0.3, -0.25) is 4.79 Å². The highest BCUT2D eigenvalue weighted by Gasteiger charge is 2.20. The average Bonchev–Trinajstić information content (AvgIpc) is 3.19. The molecule has 2 N–H and O–H groups in total. The number of rotatable bonds is 8. The molecule has 0 radical (unpaired) electrons. The minimum absolute atomic E-state index is 0.0224. The van der Waals surface area contributed by atoms with Crippen LogP contribution in [0, 0.1) is 5.82 Å². The lowest BCUT2D eigenvalue weighted by Crippen LogP contribution is -2.38. The Morgan fingerprint density at radius 3 is 2.63 bits per heavy atom. The van der Waals surface area contributed by atoms with Gasteiger partial charge in [0.15, 0.2) is 0 Å². The number of hydrogen-bond acceptors (Lipinski definition) is 5. The largest absolute Gasteiger partial charge is 0.479 e. The fourth-order valence-corrected chi connectivity index (χ4v) is 3.32. The Balaban J connectivity index is 1.73. The van der Waals surface area contributed by atoms with E-state index in [0.29, 0.717) is 29.0 Å². The number of benzene rings is 2. The van der Waals surface area contributed by atoms with E-state index in [0.717, 1.165) is 5.56 Å². The molecule has 0 aliphatic heterocycles. The van der Waals surface area contributed by atoms with Crippen LogP contribution in [0.3, 0.4) is 0 Å². The van der Waals surface area contributed by atoms with Gasteiger partial charge in [-0.25, -0.2) is 4.39 Å². The molecule has 158 valence electrons. The summed E-state index contributed by atoms with van der Waals surface area (Å²) in [6.45, 7) is 1.65. The molecule has 8 heteroatoms. The Morgan fingerprint density at radius 2 is 2.00 bits per heavy atom. The van der Waals surface area contributed by atoms with Crippen LogP contribution >= 0.6 is 11.6 Å². The van der Waals surface area contributed by atoms with E-state index in [2.05, 4.69) is 10.5 Å². The van der Waals surface area contributed by atoms with Crippen molar-refractivity contribution in [2.24, 2.45) is 0 Å². The van der Waals surface area contributed by atoms with Gasteiger partial charge in [0.05, 0.1) is 19.3 Å². The first-order valence-corrected chi connectivity index (χ1v) is 9.77. The Hall–Kier alpha value is -2.90. The van der Waals surface area contributed by atoms with E-state index in [9.17, 15) is 14.3 Å². The van der Waals surface area contributed by atoms with Crippen molar-refractivity contribution in [2.75, 3.05) is 7.11 Å². The second kappa shape index (κ2) is 9.73. The zero-order valence-corrected chi connectivity index (χ0v) is 17.3. The van der Waals surface area contributed by atoms with Gasteiger partial charge in [0, 0.05) is 16.6 Å². The highest BCUT2D eigenvalue weighted by molar-refractivity contribution is 6.30. The third kappa shape index (κ3) is 5.58. The molecule has 3 aromatic rings. The van der Waals surface area contributed by atoms with Crippen molar-refractivity contribution in [2.45, 2.75) is 31.9 Å². The first kappa shape index (κ1) is 21.8. The first-order valence-electron chi connectivity index (χ1n) is 9.39. The van der Waals surface area contributed by atoms with Crippen LogP contribution in [-0.4, -0.2) is 35.4 Å². The SMILES string of the molecule is COc1cc(C(=O)N[C@H](Cc2ccc(-c3cc(Cl)ccc3F)cc2)C[C@@H](C)O)on1. The summed E-state index contributed by atoms with van der Waals surface area (Å²) in [4.78, 5) is 12.4. The van der Waals surface area contributed by atoms with Crippen molar-refractivity contribution in [3.05, 3.63) is 70.7 Å². The summed E-state index contributed by atoms with van der Waals surface area (Å²) < 4.78 is 24.0. The molecule has 0 bridgehead atoms. The van der Waals surface area contributed by atoms with Crippen molar-refractivity contribution in [3.63, 3.8) is 0 Å². The van der Waals surface area contributed by atoms with Crippen molar-refractivity contribution in [1.82, 2.24) is 10.5 Å². The molecular weight excluding hydrogens is 411 g/mol. The summed E-state index contributed by atoms with van der Waals surface area (Å²) in [7, 11) is 1.43. The Morgan fingerprint density at radius 1 is 1.27 bits per heavy atom. The second-order valence-electron chi connectivity index (χ2n) is 7.01. The quantitative estimate of drug-likeness (QED) is 0.555. The summed E-state index contributed by atoms with van der Waals surface area (Å²) in [6.07, 6.45) is 0.210. The van der Waals surface area contributed by atoms with Crippen LogP contribution in [0.2, 0.25) is 5.02 Å².